The second kappa shape index (κ2) is 8.31. The fraction of sp³-hybridized carbons (Fsp3) is 0.238. The van der Waals surface area contributed by atoms with Gasteiger partial charge in [-0.05, 0) is 50.1 Å². The summed E-state index contributed by atoms with van der Waals surface area (Å²) < 4.78 is 16.2. The molecule has 28 heavy (non-hydrogen) atoms. The molecule has 0 fully saturated rings. The predicted octanol–water partition coefficient (Wildman–Crippen LogP) is 4.88. The molecular weight excluding hydrogens is 378 g/mol. The van der Waals surface area contributed by atoms with E-state index in [4.69, 9.17) is 13.9 Å². The molecule has 3 rings (SSSR count). The number of nitrogens with one attached hydrogen (secondary N) is 1. The maximum atomic E-state index is 12.5. The monoisotopic (exact) mass is 399 g/mol. The fourth-order valence-electron chi connectivity index (χ4n) is 2.78. The number of hydrogen-bond donors (Lipinski definition) is 1. The Kier molecular flexibility index (Phi) is 5.84. The highest BCUT2D eigenvalue weighted by molar-refractivity contribution is 7.16. The van der Waals surface area contributed by atoms with Gasteiger partial charge < -0.3 is 19.2 Å². The van der Waals surface area contributed by atoms with Crippen LogP contribution in [0.15, 0.2) is 40.8 Å². The van der Waals surface area contributed by atoms with Crippen LogP contribution >= 0.6 is 11.3 Å². The Labute approximate surface area is 167 Å². The molecule has 0 aliphatic heterocycles. The average molecular weight is 399 g/mol. The maximum Gasteiger partial charge on any atom is 0.340 e. The molecular formula is C21H21NO5S. The van der Waals surface area contributed by atoms with Crippen LogP contribution in [0.2, 0.25) is 0 Å². The Morgan fingerprint density at radius 3 is 2.50 bits per heavy atom. The lowest BCUT2D eigenvalue weighted by Gasteiger charge is -2.10. The van der Waals surface area contributed by atoms with E-state index in [0.29, 0.717) is 16.3 Å². The third-order valence-electron chi connectivity index (χ3n) is 4.14. The molecule has 2 aromatic heterocycles. The molecule has 1 aromatic carbocycles. The fourth-order valence-corrected chi connectivity index (χ4v) is 3.68. The van der Waals surface area contributed by atoms with Crippen molar-refractivity contribution in [1.82, 2.24) is 0 Å². The molecule has 1 N–H and O–H groups in total. The quantitative estimate of drug-likeness (QED) is 0.598. The van der Waals surface area contributed by atoms with Gasteiger partial charge in [0.1, 0.15) is 23.1 Å². The second-order valence-corrected chi connectivity index (χ2v) is 7.58. The van der Waals surface area contributed by atoms with Crippen molar-refractivity contribution in [1.29, 1.82) is 0 Å². The number of amides is 1. The minimum absolute atomic E-state index is 0.141. The van der Waals surface area contributed by atoms with E-state index in [1.165, 1.54) is 18.4 Å². The summed E-state index contributed by atoms with van der Waals surface area (Å²) >= 11 is 1.30. The number of rotatable bonds is 6. The molecule has 0 saturated carbocycles. The van der Waals surface area contributed by atoms with Crippen LogP contribution in [0.1, 0.15) is 42.7 Å². The van der Waals surface area contributed by atoms with Gasteiger partial charge in [0.2, 0.25) is 0 Å². The van der Waals surface area contributed by atoms with Crippen molar-refractivity contribution < 1.29 is 23.5 Å². The molecule has 0 saturated heterocycles. The Morgan fingerprint density at radius 2 is 1.82 bits per heavy atom. The van der Waals surface area contributed by atoms with Gasteiger partial charge in [-0.15, -0.1) is 11.3 Å². The Morgan fingerprint density at radius 1 is 1.11 bits per heavy atom. The first-order chi connectivity index (χ1) is 13.4. The first-order valence-corrected chi connectivity index (χ1v) is 9.48. The highest BCUT2D eigenvalue weighted by Gasteiger charge is 2.19. The van der Waals surface area contributed by atoms with Crippen molar-refractivity contribution in [2.45, 2.75) is 27.4 Å². The lowest BCUT2D eigenvalue weighted by molar-refractivity contribution is 0.0602. The summed E-state index contributed by atoms with van der Waals surface area (Å²) in [5.74, 6) is 0.541. The number of carbonyl (C=O) groups is 2. The molecule has 0 radical (unpaired) electrons. The van der Waals surface area contributed by atoms with E-state index in [2.05, 4.69) is 5.32 Å². The van der Waals surface area contributed by atoms with Gasteiger partial charge in [-0.25, -0.2) is 4.79 Å². The zero-order valence-electron chi connectivity index (χ0n) is 16.1. The smallest absolute Gasteiger partial charge is 0.340 e. The number of ether oxygens (including phenoxy) is 2. The van der Waals surface area contributed by atoms with Gasteiger partial charge in [0.15, 0.2) is 5.76 Å². The zero-order valence-corrected chi connectivity index (χ0v) is 16.9. The van der Waals surface area contributed by atoms with E-state index in [1.54, 1.807) is 18.2 Å². The third-order valence-corrected chi connectivity index (χ3v) is 5.11. The molecule has 0 bridgehead atoms. The van der Waals surface area contributed by atoms with Gasteiger partial charge in [-0.2, -0.15) is 0 Å². The number of para-hydroxylation sites is 1. The van der Waals surface area contributed by atoms with Crippen molar-refractivity contribution in [3.8, 4) is 5.75 Å². The summed E-state index contributed by atoms with van der Waals surface area (Å²) in [6.07, 6.45) is 0. The first-order valence-electron chi connectivity index (χ1n) is 8.67. The minimum atomic E-state index is -0.498. The number of methoxy groups -OCH3 is 1. The molecule has 0 unspecified atom stereocenters. The number of carbonyl (C=O) groups excluding carboxylic acids is 2. The molecule has 2 heterocycles. The van der Waals surface area contributed by atoms with E-state index in [1.807, 2.05) is 39.0 Å². The molecule has 0 spiro atoms. The topological polar surface area (TPSA) is 77.8 Å². The predicted molar refractivity (Wildman–Crippen MR) is 107 cm³/mol. The Hall–Kier alpha value is -3.06. The van der Waals surface area contributed by atoms with Gasteiger partial charge in [-0.1, -0.05) is 18.2 Å². The normalized spacial score (nSPS) is 10.6. The Balaban J connectivity index is 1.69. The number of benzene rings is 1. The van der Waals surface area contributed by atoms with E-state index in [-0.39, 0.29) is 12.4 Å². The van der Waals surface area contributed by atoms with Crippen molar-refractivity contribution in [3.63, 3.8) is 0 Å². The maximum absolute atomic E-state index is 12.5. The number of thiophene rings is 1. The second-order valence-electron chi connectivity index (χ2n) is 6.32. The van der Waals surface area contributed by atoms with Crippen LogP contribution < -0.4 is 10.1 Å². The van der Waals surface area contributed by atoms with Crippen molar-refractivity contribution in [2.75, 3.05) is 12.4 Å². The lowest BCUT2D eigenvalue weighted by atomic mass is 10.1. The number of hydrogen-bond acceptors (Lipinski definition) is 6. The average Bonchev–Trinajstić information content (AvgIpc) is 3.27. The zero-order chi connectivity index (χ0) is 20.3. The summed E-state index contributed by atoms with van der Waals surface area (Å²) in [4.78, 5) is 25.2. The van der Waals surface area contributed by atoms with Gasteiger partial charge in [0, 0.05) is 4.88 Å². The van der Waals surface area contributed by atoms with Crippen molar-refractivity contribution >= 4 is 28.2 Å². The molecule has 3 aromatic rings. The van der Waals surface area contributed by atoms with E-state index in [9.17, 15) is 9.59 Å². The van der Waals surface area contributed by atoms with Gasteiger partial charge in [0.25, 0.3) is 5.91 Å². The minimum Gasteiger partial charge on any atom is -0.485 e. The van der Waals surface area contributed by atoms with Crippen LogP contribution in [0, 0.1) is 20.8 Å². The standard InChI is InChI=1S/C21H21NO5S/c1-12-6-5-7-13(2)18(12)26-11-15-8-9-17(27-15)19(23)22-20-16(21(24)25-4)10-14(3)28-20/h5-10H,11H2,1-4H3,(H,22,23). The van der Waals surface area contributed by atoms with Crippen LogP contribution in [-0.4, -0.2) is 19.0 Å². The van der Waals surface area contributed by atoms with Crippen LogP contribution in [0.3, 0.4) is 0 Å². The number of furan rings is 1. The Bertz CT molecular complexity index is 997. The molecule has 0 atom stereocenters. The third kappa shape index (κ3) is 4.26. The summed E-state index contributed by atoms with van der Waals surface area (Å²) in [6, 6.07) is 10.9. The van der Waals surface area contributed by atoms with E-state index in [0.717, 1.165) is 21.8 Å². The van der Waals surface area contributed by atoms with Crippen LogP contribution in [-0.2, 0) is 11.3 Å². The molecule has 6 nitrogen and oxygen atoms in total. The number of aryl methyl sites for hydroxylation is 3. The highest BCUT2D eigenvalue weighted by atomic mass is 32.1. The molecule has 146 valence electrons. The van der Waals surface area contributed by atoms with Gasteiger partial charge >= 0.3 is 5.97 Å². The largest absolute Gasteiger partial charge is 0.485 e. The lowest BCUT2D eigenvalue weighted by Crippen LogP contribution is -2.13. The van der Waals surface area contributed by atoms with Crippen LogP contribution in [0.25, 0.3) is 0 Å². The molecule has 1 amide bonds. The summed E-state index contributed by atoms with van der Waals surface area (Å²) in [7, 11) is 1.30. The van der Waals surface area contributed by atoms with Gasteiger partial charge in [-0.3, -0.25) is 4.79 Å². The van der Waals surface area contributed by atoms with Gasteiger partial charge in [0.05, 0.1) is 12.7 Å². The summed E-state index contributed by atoms with van der Waals surface area (Å²) in [5, 5.41) is 3.14. The summed E-state index contributed by atoms with van der Waals surface area (Å²) in [5.41, 5.74) is 2.39. The highest BCUT2D eigenvalue weighted by Crippen LogP contribution is 2.29. The summed E-state index contributed by atoms with van der Waals surface area (Å²) in [6.45, 7) is 6.02. The molecule has 0 aliphatic rings. The molecule has 0 aliphatic carbocycles. The van der Waals surface area contributed by atoms with Crippen LogP contribution in [0.4, 0.5) is 5.00 Å². The van der Waals surface area contributed by atoms with Crippen LogP contribution in [0.5, 0.6) is 5.75 Å². The number of anilines is 1. The molecule has 7 heteroatoms. The van der Waals surface area contributed by atoms with Crippen molar-refractivity contribution in [3.05, 3.63) is 69.5 Å². The first kappa shape index (κ1) is 19.7. The van der Waals surface area contributed by atoms with Crippen molar-refractivity contribution in [2.24, 2.45) is 0 Å². The SMILES string of the molecule is COC(=O)c1cc(C)sc1NC(=O)c1ccc(COc2c(C)cccc2C)o1. The van der Waals surface area contributed by atoms with E-state index >= 15 is 0 Å². The number of esters is 1. The van der Waals surface area contributed by atoms with E-state index < -0.39 is 11.9 Å².